The minimum atomic E-state index is 0.205. The SMILES string of the molecule is Cc1ccc(CNCc2cccc(OC(C)C)c2)cn1. The topological polar surface area (TPSA) is 34.1 Å². The van der Waals surface area contributed by atoms with Gasteiger partial charge in [-0.1, -0.05) is 18.2 Å². The molecule has 1 N–H and O–H groups in total. The molecule has 20 heavy (non-hydrogen) atoms. The molecule has 0 saturated heterocycles. The number of aryl methyl sites for hydroxylation is 1. The molecule has 0 aliphatic carbocycles. The van der Waals surface area contributed by atoms with Crippen molar-refractivity contribution in [2.24, 2.45) is 0 Å². The van der Waals surface area contributed by atoms with Crippen molar-refractivity contribution in [2.45, 2.75) is 40.0 Å². The Labute approximate surface area is 121 Å². The van der Waals surface area contributed by atoms with Crippen LogP contribution < -0.4 is 10.1 Å². The van der Waals surface area contributed by atoms with Crippen molar-refractivity contribution in [3.8, 4) is 5.75 Å². The molecular formula is C17H22N2O. The minimum Gasteiger partial charge on any atom is -0.491 e. The fraction of sp³-hybridized carbons (Fsp3) is 0.353. The summed E-state index contributed by atoms with van der Waals surface area (Å²) in [5.41, 5.74) is 3.47. The quantitative estimate of drug-likeness (QED) is 0.872. The van der Waals surface area contributed by atoms with Gasteiger partial charge in [-0.25, -0.2) is 0 Å². The highest BCUT2D eigenvalue weighted by molar-refractivity contribution is 5.28. The van der Waals surface area contributed by atoms with Crippen molar-refractivity contribution in [1.29, 1.82) is 0 Å². The number of ether oxygens (including phenoxy) is 1. The Morgan fingerprint density at radius 2 is 1.90 bits per heavy atom. The van der Waals surface area contributed by atoms with E-state index in [4.69, 9.17) is 4.74 Å². The third-order valence-corrected chi connectivity index (χ3v) is 2.90. The van der Waals surface area contributed by atoms with E-state index in [9.17, 15) is 0 Å². The number of nitrogens with zero attached hydrogens (tertiary/aromatic N) is 1. The molecule has 0 spiro atoms. The number of benzene rings is 1. The Balaban J connectivity index is 1.86. The molecule has 1 heterocycles. The maximum Gasteiger partial charge on any atom is 0.120 e. The van der Waals surface area contributed by atoms with Crippen molar-refractivity contribution in [1.82, 2.24) is 10.3 Å². The van der Waals surface area contributed by atoms with E-state index in [1.165, 1.54) is 11.1 Å². The van der Waals surface area contributed by atoms with Crippen LogP contribution in [0.5, 0.6) is 5.75 Å². The highest BCUT2D eigenvalue weighted by atomic mass is 16.5. The highest BCUT2D eigenvalue weighted by Gasteiger charge is 2.00. The van der Waals surface area contributed by atoms with Crippen molar-refractivity contribution in [2.75, 3.05) is 0 Å². The minimum absolute atomic E-state index is 0.205. The number of aromatic nitrogens is 1. The first-order valence-corrected chi connectivity index (χ1v) is 7.01. The molecule has 106 valence electrons. The van der Waals surface area contributed by atoms with E-state index < -0.39 is 0 Å². The number of rotatable bonds is 6. The monoisotopic (exact) mass is 270 g/mol. The zero-order valence-corrected chi connectivity index (χ0v) is 12.4. The van der Waals surface area contributed by atoms with Gasteiger partial charge in [0.05, 0.1) is 6.10 Å². The Kier molecular flexibility index (Phi) is 5.13. The first-order chi connectivity index (χ1) is 9.63. The number of nitrogens with one attached hydrogen (secondary N) is 1. The van der Waals surface area contributed by atoms with Gasteiger partial charge in [0.25, 0.3) is 0 Å². The van der Waals surface area contributed by atoms with Gasteiger partial charge < -0.3 is 10.1 Å². The molecule has 0 unspecified atom stereocenters. The summed E-state index contributed by atoms with van der Waals surface area (Å²) in [5, 5.41) is 3.42. The maximum absolute atomic E-state index is 5.69. The van der Waals surface area contributed by atoms with E-state index in [-0.39, 0.29) is 6.10 Å². The van der Waals surface area contributed by atoms with Crippen LogP contribution in [0.25, 0.3) is 0 Å². The number of pyridine rings is 1. The second kappa shape index (κ2) is 7.06. The van der Waals surface area contributed by atoms with Crippen LogP contribution in [0.2, 0.25) is 0 Å². The molecule has 0 aliphatic heterocycles. The largest absolute Gasteiger partial charge is 0.491 e. The zero-order valence-electron chi connectivity index (χ0n) is 12.4. The Hall–Kier alpha value is -1.87. The van der Waals surface area contributed by atoms with Gasteiger partial charge in [0.15, 0.2) is 0 Å². The van der Waals surface area contributed by atoms with E-state index in [0.29, 0.717) is 0 Å². The van der Waals surface area contributed by atoms with Gasteiger partial charge in [0.1, 0.15) is 5.75 Å². The molecule has 0 radical (unpaired) electrons. The van der Waals surface area contributed by atoms with E-state index in [1.54, 1.807) is 0 Å². The van der Waals surface area contributed by atoms with Gasteiger partial charge in [-0.3, -0.25) is 4.98 Å². The van der Waals surface area contributed by atoms with Crippen LogP contribution in [0.4, 0.5) is 0 Å². The van der Waals surface area contributed by atoms with Gasteiger partial charge in [-0.15, -0.1) is 0 Å². The lowest BCUT2D eigenvalue weighted by molar-refractivity contribution is 0.242. The summed E-state index contributed by atoms with van der Waals surface area (Å²) in [6, 6.07) is 12.4. The van der Waals surface area contributed by atoms with Crippen LogP contribution in [0.3, 0.4) is 0 Å². The molecule has 1 aromatic carbocycles. The Bertz CT molecular complexity index is 535. The van der Waals surface area contributed by atoms with E-state index in [0.717, 1.165) is 24.5 Å². The first kappa shape index (κ1) is 14.5. The third kappa shape index (κ3) is 4.67. The third-order valence-electron chi connectivity index (χ3n) is 2.90. The van der Waals surface area contributed by atoms with Crippen LogP contribution in [0.1, 0.15) is 30.7 Å². The molecule has 3 nitrogen and oxygen atoms in total. The zero-order chi connectivity index (χ0) is 14.4. The number of hydrogen-bond donors (Lipinski definition) is 1. The molecule has 0 bridgehead atoms. The summed E-state index contributed by atoms with van der Waals surface area (Å²) in [7, 11) is 0. The van der Waals surface area contributed by atoms with E-state index in [2.05, 4.69) is 28.5 Å². The average molecular weight is 270 g/mol. The standard InChI is InChI=1S/C17H22N2O/c1-13(2)20-17-6-4-5-15(9-17)10-18-11-16-8-7-14(3)19-12-16/h4-9,12-13,18H,10-11H2,1-3H3. The fourth-order valence-corrected chi connectivity index (χ4v) is 1.96. The average Bonchev–Trinajstić information content (AvgIpc) is 2.41. The van der Waals surface area contributed by atoms with Gasteiger partial charge in [0.2, 0.25) is 0 Å². The lowest BCUT2D eigenvalue weighted by Crippen LogP contribution is -2.13. The summed E-state index contributed by atoms with van der Waals surface area (Å²) in [6.45, 7) is 7.72. The summed E-state index contributed by atoms with van der Waals surface area (Å²) in [4.78, 5) is 4.29. The molecule has 0 amide bonds. The van der Waals surface area contributed by atoms with Crippen LogP contribution >= 0.6 is 0 Å². The molecule has 0 saturated carbocycles. The van der Waals surface area contributed by atoms with Crippen LogP contribution in [0, 0.1) is 6.92 Å². The van der Waals surface area contributed by atoms with Crippen molar-refractivity contribution in [3.63, 3.8) is 0 Å². The van der Waals surface area contributed by atoms with Gasteiger partial charge in [-0.2, -0.15) is 0 Å². The van der Waals surface area contributed by atoms with Crippen LogP contribution in [-0.4, -0.2) is 11.1 Å². The molecular weight excluding hydrogens is 248 g/mol. The highest BCUT2D eigenvalue weighted by Crippen LogP contribution is 2.14. The van der Waals surface area contributed by atoms with E-state index >= 15 is 0 Å². The molecule has 0 fully saturated rings. The van der Waals surface area contributed by atoms with Crippen LogP contribution in [0.15, 0.2) is 42.6 Å². The normalized spacial score (nSPS) is 10.8. The smallest absolute Gasteiger partial charge is 0.120 e. The second-order valence-electron chi connectivity index (χ2n) is 5.23. The lowest BCUT2D eigenvalue weighted by atomic mass is 10.2. The lowest BCUT2D eigenvalue weighted by Gasteiger charge is -2.11. The Morgan fingerprint density at radius 1 is 1.10 bits per heavy atom. The van der Waals surface area contributed by atoms with Crippen molar-refractivity contribution < 1.29 is 4.74 Å². The Morgan fingerprint density at radius 3 is 2.60 bits per heavy atom. The molecule has 2 aromatic rings. The second-order valence-corrected chi connectivity index (χ2v) is 5.23. The summed E-state index contributed by atoms with van der Waals surface area (Å²) < 4.78 is 5.69. The predicted octanol–water partition coefficient (Wildman–Crippen LogP) is 3.47. The van der Waals surface area contributed by atoms with Gasteiger partial charge >= 0.3 is 0 Å². The summed E-state index contributed by atoms with van der Waals surface area (Å²) in [6.07, 6.45) is 2.12. The molecule has 1 aromatic heterocycles. The predicted molar refractivity (Wildman–Crippen MR) is 81.7 cm³/mol. The fourth-order valence-electron chi connectivity index (χ4n) is 1.96. The first-order valence-electron chi connectivity index (χ1n) is 7.01. The summed E-state index contributed by atoms with van der Waals surface area (Å²) in [5.74, 6) is 0.927. The summed E-state index contributed by atoms with van der Waals surface area (Å²) >= 11 is 0. The van der Waals surface area contributed by atoms with Crippen molar-refractivity contribution >= 4 is 0 Å². The van der Waals surface area contributed by atoms with Crippen molar-refractivity contribution in [3.05, 3.63) is 59.4 Å². The molecule has 2 rings (SSSR count). The molecule has 0 aliphatic rings. The van der Waals surface area contributed by atoms with Gasteiger partial charge in [-0.05, 0) is 50.1 Å². The maximum atomic E-state index is 5.69. The van der Waals surface area contributed by atoms with E-state index in [1.807, 2.05) is 45.2 Å². The molecule has 3 heteroatoms. The van der Waals surface area contributed by atoms with Crippen LogP contribution in [-0.2, 0) is 13.1 Å². The number of hydrogen-bond acceptors (Lipinski definition) is 3. The molecule has 0 atom stereocenters. The van der Waals surface area contributed by atoms with Gasteiger partial charge in [0, 0.05) is 25.0 Å².